The number of nitrogens with zero attached hydrogens (tertiary/aromatic N) is 2. The van der Waals surface area contributed by atoms with Crippen molar-refractivity contribution in [1.29, 1.82) is 0 Å². The van der Waals surface area contributed by atoms with Crippen molar-refractivity contribution >= 4 is 5.69 Å². The normalized spacial score (nSPS) is 25.7. The van der Waals surface area contributed by atoms with Gasteiger partial charge in [-0.2, -0.15) is 5.10 Å². The molecular weight excluding hydrogens is 262 g/mol. The third-order valence-electron chi connectivity index (χ3n) is 3.93. The first-order valence-corrected chi connectivity index (χ1v) is 7.67. The second kappa shape index (κ2) is 6.31. The van der Waals surface area contributed by atoms with Crippen LogP contribution in [-0.4, -0.2) is 28.0 Å². The van der Waals surface area contributed by atoms with Crippen LogP contribution in [0.15, 0.2) is 42.7 Å². The average Bonchev–Trinajstić information content (AvgIpc) is 2.93. The molecule has 112 valence electrons. The van der Waals surface area contributed by atoms with Gasteiger partial charge in [0.05, 0.1) is 18.8 Å². The van der Waals surface area contributed by atoms with Crippen LogP contribution >= 0.6 is 0 Å². The van der Waals surface area contributed by atoms with E-state index in [1.54, 1.807) is 0 Å². The van der Waals surface area contributed by atoms with Gasteiger partial charge < -0.3 is 10.1 Å². The molecule has 1 N–H and O–H groups in total. The lowest BCUT2D eigenvalue weighted by Gasteiger charge is -2.33. The second-order valence-electron chi connectivity index (χ2n) is 5.97. The van der Waals surface area contributed by atoms with Crippen molar-refractivity contribution in [1.82, 2.24) is 9.78 Å². The highest BCUT2D eigenvalue weighted by Crippen LogP contribution is 2.22. The van der Waals surface area contributed by atoms with Gasteiger partial charge in [-0.15, -0.1) is 0 Å². The van der Waals surface area contributed by atoms with Crippen LogP contribution in [0.4, 0.5) is 5.69 Å². The molecule has 0 bridgehead atoms. The van der Waals surface area contributed by atoms with Gasteiger partial charge in [-0.05, 0) is 50.5 Å². The van der Waals surface area contributed by atoms with Crippen molar-refractivity contribution in [2.75, 3.05) is 5.32 Å². The van der Waals surface area contributed by atoms with Crippen molar-refractivity contribution < 1.29 is 4.74 Å². The van der Waals surface area contributed by atoms with Gasteiger partial charge in [-0.25, -0.2) is 0 Å². The largest absolute Gasteiger partial charge is 0.382 e. The summed E-state index contributed by atoms with van der Waals surface area (Å²) in [5, 5.41) is 7.86. The first-order chi connectivity index (χ1) is 10.2. The Morgan fingerprint density at radius 3 is 2.52 bits per heavy atom. The van der Waals surface area contributed by atoms with E-state index < -0.39 is 0 Å². The third kappa shape index (κ3) is 3.85. The van der Waals surface area contributed by atoms with Crippen LogP contribution in [0, 0.1) is 0 Å². The maximum atomic E-state index is 5.78. The molecule has 2 unspecified atom stereocenters. The van der Waals surface area contributed by atoms with Crippen molar-refractivity contribution in [2.24, 2.45) is 0 Å². The highest BCUT2D eigenvalue weighted by Gasteiger charge is 2.24. The minimum absolute atomic E-state index is 0.338. The predicted octanol–water partition coefficient (Wildman–Crippen LogP) is 3.30. The van der Waals surface area contributed by atoms with Gasteiger partial charge in [-0.3, -0.25) is 4.68 Å². The minimum Gasteiger partial charge on any atom is -0.382 e. The Morgan fingerprint density at radius 1 is 1.19 bits per heavy atom. The minimum atomic E-state index is 0.338. The lowest BCUT2D eigenvalue weighted by atomic mass is 9.99. The number of hydrogen-bond acceptors (Lipinski definition) is 3. The topological polar surface area (TPSA) is 39.1 Å². The number of rotatable bonds is 4. The fourth-order valence-electron chi connectivity index (χ4n) is 3.05. The summed E-state index contributed by atoms with van der Waals surface area (Å²) in [6, 6.07) is 11.1. The summed E-state index contributed by atoms with van der Waals surface area (Å²) in [7, 11) is 0. The summed E-state index contributed by atoms with van der Waals surface area (Å²) >= 11 is 0. The van der Waals surface area contributed by atoms with E-state index in [1.807, 2.05) is 23.1 Å². The molecule has 1 saturated heterocycles. The molecule has 2 aromatic rings. The number of anilines is 1. The zero-order chi connectivity index (χ0) is 14.7. The molecule has 0 saturated carbocycles. The quantitative estimate of drug-likeness (QED) is 0.937. The first-order valence-electron chi connectivity index (χ1n) is 7.67. The lowest BCUT2D eigenvalue weighted by molar-refractivity contribution is -0.0337. The molecule has 0 amide bonds. The molecule has 2 atom stereocenters. The molecule has 1 aliphatic rings. The Balaban J connectivity index is 1.59. The van der Waals surface area contributed by atoms with E-state index in [2.05, 4.69) is 48.5 Å². The molecule has 0 radical (unpaired) electrons. The summed E-state index contributed by atoms with van der Waals surface area (Å²) in [6.45, 7) is 5.12. The van der Waals surface area contributed by atoms with Crippen LogP contribution in [-0.2, 0) is 11.3 Å². The molecule has 2 heterocycles. The van der Waals surface area contributed by atoms with Crippen LogP contribution in [0.2, 0.25) is 0 Å². The highest BCUT2D eigenvalue weighted by molar-refractivity contribution is 5.45. The second-order valence-corrected chi connectivity index (χ2v) is 5.97. The zero-order valence-corrected chi connectivity index (χ0v) is 12.7. The lowest BCUT2D eigenvalue weighted by Crippen LogP contribution is -2.36. The summed E-state index contributed by atoms with van der Waals surface area (Å²) in [5.41, 5.74) is 2.45. The van der Waals surface area contributed by atoms with Crippen molar-refractivity contribution in [3.05, 3.63) is 48.3 Å². The molecule has 4 heteroatoms. The first kappa shape index (κ1) is 14.1. The summed E-state index contributed by atoms with van der Waals surface area (Å²) in [6.07, 6.45) is 6.61. The molecule has 4 nitrogen and oxygen atoms in total. The van der Waals surface area contributed by atoms with Crippen LogP contribution in [0.1, 0.15) is 32.3 Å². The molecule has 0 aliphatic carbocycles. The van der Waals surface area contributed by atoms with Crippen molar-refractivity contribution in [3.8, 4) is 0 Å². The molecule has 1 aromatic carbocycles. The molecular formula is C17H23N3O. The van der Waals surface area contributed by atoms with Gasteiger partial charge >= 0.3 is 0 Å². The zero-order valence-electron chi connectivity index (χ0n) is 12.7. The number of hydrogen-bond donors (Lipinski definition) is 1. The van der Waals surface area contributed by atoms with Crippen molar-refractivity contribution in [2.45, 2.75) is 51.5 Å². The number of ether oxygens (including phenoxy) is 1. The van der Waals surface area contributed by atoms with Gasteiger partial charge in [0, 0.05) is 24.1 Å². The van der Waals surface area contributed by atoms with Crippen LogP contribution in [0.5, 0.6) is 0 Å². The molecule has 1 aromatic heterocycles. The van der Waals surface area contributed by atoms with E-state index in [1.165, 1.54) is 11.3 Å². The summed E-state index contributed by atoms with van der Waals surface area (Å²) in [4.78, 5) is 0. The highest BCUT2D eigenvalue weighted by atomic mass is 16.5. The molecule has 1 fully saturated rings. The smallest absolute Gasteiger partial charge is 0.0659 e. The Bertz CT molecular complexity index is 540. The van der Waals surface area contributed by atoms with E-state index in [9.17, 15) is 0 Å². The number of aromatic nitrogens is 2. The van der Waals surface area contributed by atoms with E-state index >= 15 is 0 Å². The number of nitrogens with one attached hydrogen (secondary N) is 1. The van der Waals surface area contributed by atoms with Gasteiger partial charge in [0.1, 0.15) is 0 Å². The average molecular weight is 285 g/mol. The van der Waals surface area contributed by atoms with E-state index in [-0.39, 0.29) is 0 Å². The summed E-state index contributed by atoms with van der Waals surface area (Å²) in [5.74, 6) is 0. The van der Waals surface area contributed by atoms with Gasteiger partial charge in [0.15, 0.2) is 0 Å². The molecule has 0 spiro atoms. The third-order valence-corrected chi connectivity index (χ3v) is 3.93. The van der Waals surface area contributed by atoms with E-state index in [4.69, 9.17) is 4.74 Å². The Labute approximate surface area is 126 Å². The van der Waals surface area contributed by atoms with Crippen LogP contribution in [0.25, 0.3) is 0 Å². The van der Waals surface area contributed by atoms with Gasteiger partial charge in [0.25, 0.3) is 0 Å². The standard InChI is InChI=1S/C17H23N3O/c1-13-10-17(11-14(2)21-13)19-16-6-4-15(5-7-16)12-20-9-3-8-18-20/h3-9,13-14,17,19H,10-12H2,1-2H3. The monoisotopic (exact) mass is 285 g/mol. The Morgan fingerprint density at radius 2 is 1.90 bits per heavy atom. The Hall–Kier alpha value is -1.81. The predicted molar refractivity (Wildman–Crippen MR) is 84.4 cm³/mol. The number of benzene rings is 1. The summed E-state index contributed by atoms with van der Waals surface area (Å²) < 4.78 is 7.72. The van der Waals surface area contributed by atoms with Gasteiger partial charge in [-0.1, -0.05) is 12.1 Å². The van der Waals surface area contributed by atoms with E-state index in [0.29, 0.717) is 18.2 Å². The SMILES string of the molecule is CC1CC(Nc2ccc(Cn3cccn3)cc2)CC(C)O1. The Kier molecular flexibility index (Phi) is 4.25. The molecule has 21 heavy (non-hydrogen) atoms. The van der Waals surface area contributed by atoms with E-state index in [0.717, 1.165) is 19.4 Å². The molecule has 1 aliphatic heterocycles. The van der Waals surface area contributed by atoms with Crippen LogP contribution in [0.3, 0.4) is 0 Å². The fraction of sp³-hybridized carbons (Fsp3) is 0.471. The molecule has 3 rings (SSSR count). The maximum absolute atomic E-state index is 5.78. The maximum Gasteiger partial charge on any atom is 0.0659 e. The van der Waals surface area contributed by atoms with Crippen LogP contribution < -0.4 is 5.32 Å². The van der Waals surface area contributed by atoms with Gasteiger partial charge in [0.2, 0.25) is 0 Å². The fourth-order valence-corrected chi connectivity index (χ4v) is 3.05. The van der Waals surface area contributed by atoms with Crippen molar-refractivity contribution in [3.63, 3.8) is 0 Å².